The van der Waals surface area contributed by atoms with Crippen molar-refractivity contribution in [3.05, 3.63) is 48.0 Å². The minimum Gasteiger partial charge on any atom is -0.468 e. The molecule has 5 nitrogen and oxygen atoms in total. The molecule has 2 aromatic rings. The molecule has 1 amide bonds. The molecule has 1 aliphatic rings. The molecule has 6 heteroatoms. The average Bonchev–Trinajstić information content (AvgIpc) is 2.59. The highest BCUT2D eigenvalue weighted by Crippen LogP contribution is 2.40. The van der Waals surface area contributed by atoms with E-state index in [1.54, 1.807) is 18.9 Å². The maximum absolute atomic E-state index is 11.1. The average molecular weight is 345 g/mol. The fraction of sp³-hybridized carbons (Fsp3) is 0.278. The summed E-state index contributed by atoms with van der Waals surface area (Å²) in [5.41, 5.74) is 8.33. The van der Waals surface area contributed by atoms with Gasteiger partial charge in [-0.05, 0) is 35.7 Å². The Hall–Kier alpha value is -2.18. The van der Waals surface area contributed by atoms with E-state index in [0.29, 0.717) is 0 Å². The lowest BCUT2D eigenvalue weighted by Gasteiger charge is -2.24. The summed E-state index contributed by atoms with van der Waals surface area (Å²) in [4.78, 5) is 12.2. The van der Waals surface area contributed by atoms with Crippen molar-refractivity contribution < 1.29 is 19.0 Å². The van der Waals surface area contributed by atoms with Gasteiger partial charge in [0.1, 0.15) is 11.9 Å². The summed E-state index contributed by atoms with van der Waals surface area (Å²) in [5, 5.41) is 0. The van der Waals surface area contributed by atoms with Crippen molar-refractivity contribution in [1.29, 1.82) is 0 Å². The molecule has 1 atom stereocenters. The highest BCUT2D eigenvalue weighted by atomic mass is 32.2. The van der Waals surface area contributed by atoms with Crippen LogP contribution in [0.4, 0.5) is 4.79 Å². The summed E-state index contributed by atoms with van der Waals surface area (Å²) in [6, 6.07) is 14.0. The smallest absolute Gasteiger partial charge is 0.405 e. The van der Waals surface area contributed by atoms with E-state index in [2.05, 4.69) is 6.07 Å². The molecule has 0 bridgehead atoms. The maximum Gasteiger partial charge on any atom is 0.405 e. The molecule has 0 saturated carbocycles. The second kappa shape index (κ2) is 7.59. The molecule has 0 aromatic heterocycles. The normalized spacial score (nSPS) is 16.3. The first kappa shape index (κ1) is 16.7. The standard InChI is InChI=1S/C18H19NO4S/c1-21-11-22-14-4-2-3-12(9-14)13-5-6-15-16(23-18(19)20)7-8-24-17(15)10-13/h2-6,9-10,16H,7-8,11H2,1H3,(H2,19,20). The number of hydrogen-bond donors (Lipinski definition) is 1. The number of primary amides is 1. The molecule has 1 aliphatic heterocycles. The number of rotatable bonds is 5. The van der Waals surface area contributed by atoms with E-state index >= 15 is 0 Å². The molecule has 1 unspecified atom stereocenters. The van der Waals surface area contributed by atoms with Gasteiger partial charge in [-0.1, -0.05) is 24.3 Å². The summed E-state index contributed by atoms with van der Waals surface area (Å²) in [5.74, 6) is 1.65. The zero-order valence-corrected chi connectivity index (χ0v) is 14.2. The first-order valence-corrected chi connectivity index (χ1v) is 8.61. The lowest BCUT2D eigenvalue weighted by Crippen LogP contribution is -2.20. The topological polar surface area (TPSA) is 70.8 Å². The van der Waals surface area contributed by atoms with Gasteiger partial charge in [-0.3, -0.25) is 0 Å². The number of hydrogen-bond acceptors (Lipinski definition) is 5. The summed E-state index contributed by atoms with van der Waals surface area (Å²) in [6.07, 6.45) is -0.214. The predicted octanol–water partition coefficient (Wildman–Crippen LogP) is 3.97. The van der Waals surface area contributed by atoms with Gasteiger partial charge in [-0.2, -0.15) is 0 Å². The highest BCUT2D eigenvalue weighted by Gasteiger charge is 2.23. The lowest BCUT2D eigenvalue weighted by molar-refractivity contribution is 0.0511. The molecule has 24 heavy (non-hydrogen) atoms. The third kappa shape index (κ3) is 3.83. The Morgan fingerprint density at radius 3 is 2.88 bits per heavy atom. The largest absolute Gasteiger partial charge is 0.468 e. The van der Waals surface area contributed by atoms with Crippen molar-refractivity contribution in [1.82, 2.24) is 0 Å². The summed E-state index contributed by atoms with van der Waals surface area (Å²) in [6.45, 7) is 0.218. The van der Waals surface area contributed by atoms with Gasteiger partial charge in [0, 0.05) is 23.3 Å². The molecular weight excluding hydrogens is 326 g/mol. The van der Waals surface area contributed by atoms with Gasteiger partial charge >= 0.3 is 6.09 Å². The van der Waals surface area contributed by atoms with Crippen LogP contribution in [0.5, 0.6) is 5.75 Å². The number of carbonyl (C=O) groups is 1. The van der Waals surface area contributed by atoms with E-state index in [1.807, 2.05) is 36.4 Å². The Kier molecular flexibility index (Phi) is 5.27. The monoisotopic (exact) mass is 345 g/mol. The molecule has 2 aromatic carbocycles. The molecule has 1 heterocycles. The van der Waals surface area contributed by atoms with E-state index in [4.69, 9.17) is 19.9 Å². The van der Waals surface area contributed by atoms with Crippen LogP contribution in [0.3, 0.4) is 0 Å². The third-order valence-corrected chi connectivity index (χ3v) is 4.87. The molecule has 0 spiro atoms. The number of fused-ring (bicyclic) bond motifs is 1. The highest BCUT2D eigenvalue weighted by molar-refractivity contribution is 7.99. The number of methoxy groups -OCH3 is 1. The van der Waals surface area contributed by atoms with Crippen molar-refractivity contribution in [3.63, 3.8) is 0 Å². The van der Waals surface area contributed by atoms with Crippen molar-refractivity contribution in [2.75, 3.05) is 19.7 Å². The van der Waals surface area contributed by atoms with Gasteiger partial charge in [0.2, 0.25) is 0 Å². The SMILES string of the molecule is COCOc1cccc(-c2ccc3c(c2)SCCC3OC(N)=O)c1. The van der Waals surface area contributed by atoms with Crippen LogP contribution >= 0.6 is 11.8 Å². The Labute approximate surface area is 145 Å². The zero-order valence-electron chi connectivity index (χ0n) is 13.4. The minimum absolute atomic E-state index is 0.218. The van der Waals surface area contributed by atoms with Crippen LogP contribution in [0.1, 0.15) is 18.1 Å². The molecule has 0 radical (unpaired) electrons. The van der Waals surface area contributed by atoms with E-state index in [1.165, 1.54) is 0 Å². The van der Waals surface area contributed by atoms with Gasteiger partial charge in [-0.15, -0.1) is 11.8 Å². The molecule has 3 rings (SSSR count). The fourth-order valence-corrected chi connectivity index (χ4v) is 3.82. The lowest BCUT2D eigenvalue weighted by atomic mass is 10.00. The maximum atomic E-state index is 11.1. The molecule has 126 valence electrons. The van der Waals surface area contributed by atoms with Crippen molar-refractivity contribution in [2.45, 2.75) is 17.4 Å². The fourth-order valence-electron chi connectivity index (χ4n) is 2.69. The summed E-state index contributed by atoms with van der Waals surface area (Å²) in [7, 11) is 1.59. The first-order chi connectivity index (χ1) is 11.7. The zero-order chi connectivity index (χ0) is 16.9. The molecular formula is C18H19NO4S. The third-order valence-electron chi connectivity index (χ3n) is 3.77. The number of nitrogens with two attached hydrogens (primary N) is 1. The second-order valence-electron chi connectivity index (χ2n) is 5.39. The Bertz CT molecular complexity index is 735. The number of amides is 1. The van der Waals surface area contributed by atoms with Crippen LogP contribution in [0.2, 0.25) is 0 Å². The number of benzene rings is 2. The number of carbonyl (C=O) groups excluding carboxylic acids is 1. The number of ether oxygens (including phenoxy) is 3. The Morgan fingerprint density at radius 1 is 1.25 bits per heavy atom. The molecule has 2 N–H and O–H groups in total. The van der Waals surface area contributed by atoms with E-state index in [-0.39, 0.29) is 12.9 Å². The Morgan fingerprint density at radius 2 is 2.08 bits per heavy atom. The van der Waals surface area contributed by atoms with E-state index in [9.17, 15) is 4.79 Å². The molecule has 0 fully saturated rings. The minimum atomic E-state index is -0.732. The van der Waals surface area contributed by atoms with Gasteiger partial charge in [-0.25, -0.2) is 4.79 Å². The van der Waals surface area contributed by atoms with Crippen molar-refractivity contribution in [2.24, 2.45) is 5.73 Å². The van der Waals surface area contributed by atoms with Crippen LogP contribution in [-0.2, 0) is 9.47 Å². The molecule has 0 saturated heterocycles. The summed E-state index contributed by atoms with van der Waals surface area (Å²) >= 11 is 1.76. The van der Waals surface area contributed by atoms with Gasteiger partial charge in [0.15, 0.2) is 6.79 Å². The Balaban J connectivity index is 1.87. The predicted molar refractivity (Wildman–Crippen MR) is 93.1 cm³/mol. The van der Waals surface area contributed by atoms with Crippen LogP contribution < -0.4 is 10.5 Å². The molecule has 0 aliphatic carbocycles. The van der Waals surface area contributed by atoms with E-state index < -0.39 is 6.09 Å². The van der Waals surface area contributed by atoms with Crippen LogP contribution in [0.25, 0.3) is 11.1 Å². The van der Waals surface area contributed by atoms with Crippen LogP contribution in [0.15, 0.2) is 47.4 Å². The van der Waals surface area contributed by atoms with Crippen molar-refractivity contribution >= 4 is 17.9 Å². The first-order valence-electron chi connectivity index (χ1n) is 7.62. The quantitative estimate of drug-likeness (QED) is 0.830. The van der Waals surface area contributed by atoms with Crippen molar-refractivity contribution in [3.8, 4) is 16.9 Å². The number of thioether (sulfide) groups is 1. The van der Waals surface area contributed by atoms with Crippen LogP contribution in [0, 0.1) is 0 Å². The summed E-state index contributed by atoms with van der Waals surface area (Å²) < 4.78 is 15.6. The van der Waals surface area contributed by atoms with Gasteiger partial charge in [0.25, 0.3) is 0 Å². The van der Waals surface area contributed by atoms with E-state index in [0.717, 1.165) is 39.5 Å². The van der Waals surface area contributed by atoms with Crippen LogP contribution in [-0.4, -0.2) is 25.7 Å². The van der Waals surface area contributed by atoms with Gasteiger partial charge < -0.3 is 19.9 Å². The second-order valence-corrected chi connectivity index (χ2v) is 6.53. The van der Waals surface area contributed by atoms with Gasteiger partial charge in [0.05, 0.1) is 0 Å².